The van der Waals surface area contributed by atoms with Crippen molar-refractivity contribution in [3.8, 4) is 0 Å². The standard InChI is InChI=1S/C21H30N6.HI/c1-14(2)20-26-25-19-10-9-17(13-27(19)20)23-21(22-3)24-18-12-16(18)11-15-7-5-4-6-8-15;/h4-8,14,16-18H,9-13H2,1-3H3,(H2,22,23,24);1H. The molecule has 7 heteroatoms. The van der Waals surface area contributed by atoms with Crippen LogP contribution in [0.5, 0.6) is 0 Å². The number of fused-ring (bicyclic) bond motifs is 1. The Labute approximate surface area is 184 Å². The zero-order valence-electron chi connectivity index (χ0n) is 16.9. The molecule has 1 fully saturated rings. The van der Waals surface area contributed by atoms with E-state index in [1.165, 1.54) is 12.0 Å². The molecular weight excluding hydrogens is 463 g/mol. The lowest BCUT2D eigenvalue weighted by atomic mass is 10.1. The molecule has 0 spiro atoms. The summed E-state index contributed by atoms with van der Waals surface area (Å²) in [4.78, 5) is 4.46. The molecule has 1 aromatic heterocycles. The Morgan fingerprint density at radius 3 is 2.71 bits per heavy atom. The highest BCUT2D eigenvalue weighted by atomic mass is 127. The van der Waals surface area contributed by atoms with E-state index < -0.39 is 0 Å². The molecule has 2 aromatic rings. The number of rotatable bonds is 5. The number of halogens is 1. The van der Waals surface area contributed by atoms with Crippen LogP contribution in [-0.2, 0) is 19.4 Å². The van der Waals surface area contributed by atoms with E-state index in [0.29, 0.717) is 23.9 Å². The van der Waals surface area contributed by atoms with Gasteiger partial charge in [-0.05, 0) is 30.7 Å². The van der Waals surface area contributed by atoms with Crippen LogP contribution in [0.2, 0.25) is 0 Å². The van der Waals surface area contributed by atoms with Crippen molar-refractivity contribution in [2.45, 2.75) is 64.1 Å². The van der Waals surface area contributed by atoms with Crippen LogP contribution in [0.3, 0.4) is 0 Å². The van der Waals surface area contributed by atoms with Crippen molar-refractivity contribution in [2.24, 2.45) is 10.9 Å². The topological polar surface area (TPSA) is 67.1 Å². The van der Waals surface area contributed by atoms with Gasteiger partial charge in [0.2, 0.25) is 0 Å². The van der Waals surface area contributed by atoms with Crippen LogP contribution < -0.4 is 10.6 Å². The molecule has 3 atom stereocenters. The maximum atomic E-state index is 4.46. The van der Waals surface area contributed by atoms with E-state index in [1.807, 2.05) is 7.05 Å². The monoisotopic (exact) mass is 494 g/mol. The minimum atomic E-state index is 0. The maximum Gasteiger partial charge on any atom is 0.191 e. The first-order valence-electron chi connectivity index (χ1n) is 10.1. The number of hydrogen-bond donors (Lipinski definition) is 2. The number of nitrogens with zero attached hydrogens (tertiary/aromatic N) is 4. The van der Waals surface area contributed by atoms with Crippen molar-refractivity contribution in [2.75, 3.05) is 7.05 Å². The van der Waals surface area contributed by atoms with Crippen molar-refractivity contribution in [1.29, 1.82) is 0 Å². The zero-order valence-corrected chi connectivity index (χ0v) is 19.3. The van der Waals surface area contributed by atoms with Crippen LogP contribution >= 0.6 is 24.0 Å². The second kappa shape index (κ2) is 9.24. The molecule has 3 unspecified atom stereocenters. The van der Waals surface area contributed by atoms with E-state index in [0.717, 1.165) is 43.4 Å². The van der Waals surface area contributed by atoms with Crippen LogP contribution in [0.4, 0.5) is 0 Å². The van der Waals surface area contributed by atoms with Gasteiger partial charge in [-0.3, -0.25) is 4.99 Å². The van der Waals surface area contributed by atoms with Crippen molar-refractivity contribution in [3.63, 3.8) is 0 Å². The van der Waals surface area contributed by atoms with Gasteiger partial charge in [0.05, 0.1) is 0 Å². The molecule has 0 radical (unpaired) electrons. The van der Waals surface area contributed by atoms with Crippen LogP contribution in [0.1, 0.15) is 49.8 Å². The molecule has 2 N–H and O–H groups in total. The number of aryl methyl sites for hydroxylation is 1. The quantitative estimate of drug-likeness (QED) is 0.381. The van der Waals surface area contributed by atoms with Crippen LogP contribution in [-0.4, -0.2) is 39.9 Å². The average molecular weight is 494 g/mol. The number of benzene rings is 1. The molecule has 1 aliphatic heterocycles. The number of aromatic nitrogens is 3. The minimum Gasteiger partial charge on any atom is -0.353 e. The Kier molecular flexibility index (Phi) is 6.95. The van der Waals surface area contributed by atoms with Gasteiger partial charge >= 0.3 is 0 Å². The molecule has 1 saturated carbocycles. The Bertz CT molecular complexity index is 800. The Morgan fingerprint density at radius 2 is 2.00 bits per heavy atom. The first kappa shape index (κ1) is 21.1. The SMILES string of the molecule is CN=C(NC1CCc2nnc(C(C)C)n2C1)NC1CC1Cc1ccccc1.I. The van der Waals surface area contributed by atoms with Gasteiger partial charge in [-0.2, -0.15) is 0 Å². The summed E-state index contributed by atoms with van der Waals surface area (Å²) in [6.07, 6.45) is 4.39. The van der Waals surface area contributed by atoms with Gasteiger partial charge in [-0.1, -0.05) is 44.2 Å². The summed E-state index contributed by atoms with van der Waals surface area (Å²) in [7, 11) is 1.86. The Hall–Kier alpha value is -1.64. The fourth-order valence-corrected chi connectivity index (χ4v) is 4.00. The molecule has 2 aliphatic rings. The molecule has 1 aromatic carbocycles. The number of nitrogens with one attached hydrogen (secondary N) is 2. The largest absolute Gasteiger partial charge is 0.353 e. The Morgan fingerprint density at radius 1 is 1.21 bits per heavy atom. The molecular formula is C21H31IN6. The Balaban J connectivity index is 0.00000225. The van der Waals surface area contributed by atoms with Gasteiger partial charge < -0.3 is 15.2 Å². The first-order valence-corrected chi connectivity index (χ1v) is 10.1. The minimum absolute atomic E-state index is 0. The second-order valence-corrected chi connectivity index (χ2v) is 8.13. The van der Waals surface area contributed by atoms with Crippen molar-refractivity contribution in [1.82, 2.24) is 25.4 Å². The van der Waals surface area contributed by atoms with E-state index in [1.54, 1.807) is 0 Å². The number of guanidine groups is 1. The fourth-order valence-electron chi connectivity index (χ4n) is 4.00. The van der Waals surface area contributed by atoms with E-state index in [4.69, 9.17) is 0 Å². The van der Waals surface area contributed by atoms with E-state index in [2.05, 4.69) is 74.6 Å². The van der Waals surface area contributed by atoms with E-state index >= 15 is 0 Å². The second-order valence-electron chi connectivity index (χ2n) is 8.13. The normalized spacial score (nSPS) is 23.7. The molecule has 0 amide bonds. The summed E-state index contributed by atoms with van der Waals surface area (Å²) in [5.74, 6) is 4.22. The average Bonchev–Trinajstić information content (AvgIpc) is 3.24. The molecule has 1 aliphatic carbocycles. The molecule has 0 saturated heterocycles. The van der Waals surface area contributed by atoms with Gasteiger partial charge in [0, 0.05) is 38.0 Å². The number of aliphatic imine (C=N–C) groups is 1. The smallest absolute Gasteiger partial charge is 0.191 e. The lowest BCUT2D eigenvalue weighted by molar-refractivity contribution is 0.407. The molecule has 2 heterocycles. The summed E-state index contributed by atoms with van der Waals surface area (Å²) in [6.45, 7) is 5.26. The molecule has 4 rings (SSSR count). The van der Waals surface area contributed by atoms with Gasteiger partial charge in [-0.25, -0.2) is 0 Å². The van der Waals surface area contributed by atoms with Crippen molar-refractivity contribution >= 4 is 29.9 Å². The van der Waals surface area contributed by atoms with Crippen LogP contribution in [0.25, 0.3) is 0 Å². The zero-order chi connectivity index (χ0) is 18.8. The highest BCUT2D eigenvalue weighted by molar-refractivity contribution is 14.0. The van der Waals surface area contributed by atoms with Gasteiger partial charge in [0.25, 0.3) is 0 Å². The van der Waals surface area contributed by atoms with Gasteiger partial charge in [0.1, 0.15) is 11.6 Å². The lowest BCUT2D eigenvalue weighted by Crippen LogP contribution is -2.48. The third-order valence-corrected chi connectivity index (χ3v) is 5.64. The van der Waals surface area contributed by atoms with Crippen LogP contribution in [0.15, 0.2) is 35.3 Å². The van der Waals surface area contributed by atoms with E-state index in [-0.39, 0.29) is 24.0 Å². The summed E-state index contributed by atoms with van der Waals surface area (Å²) in [5, 5.41) is 16.0. The predicted octanol–water partition coefficient (Wildman–Crippen LogP) is 3.13. The summed E-state index contributed by atoms with van der Waals surface area (Å²) in [5.41, 5.74) is 1.42. The summed E-state index contributed by atoms with van der Waals surface area (Å²) >= 11 is 0. The first-order chi connectivity index (χ1) is 13.1. The van der Waals surface area contributed by atoms with E-state index in [9.17, 15) is 0 Å². The molecule has 6 nitrogen and oxygen atoms in total. The summed E-state index contributed by atoms with van der Waals surface area (Å²) < 4.78 is 2.29. The van der Waals surface area contributed by atoms with Gasteiger partial charge in [0.15, 0.2) is 5.96 Å². The summed E-state index contributed by atoms with van der Waals surface area (Å²) in [6, 6.07) is 11.6. The molecule has 28 heavy (non-hydrogen) atoms. The molecule has 0 bridgehead atoms. The van der Waals surface area contributed by atoms with Crippen LogP contribution in [0, 0.1) is 5.92 Å². The highest BCUT2D eigenvalue weighted by Gasteiger charge is 2.38. The van der Waals surface area contributed by atoms with Crippen molar-refractivity contribution < 1.29 is 0 Å². The maximum absolute atomic E-state index is 4.46. The third-order valence-electron chi connectivity index (χ3n) is 5.64. The third kappa shape index (κ3) is 4.85. The number of hydrogen-bond acceptors (Lipinski definition) is 3. The highest BCUT2D eigenvalue weighted by Crippen LogP contribution is 2.33. The predicted molar refractivity (Wildman–Crippen MR) is 123 cm³/mol. The van der Waals surface area contributed by atoms with Gasteiger partial charge in [-0.15, -0.1) is 34.2 Å². The fraction of sp³-hybridized carbons (Fsp3) is 0.571. The lowest BCUT2D eigenvalue weighted by Gasteiger charge is -2.27. The molecule has 152 valence electrons. The van der Waals surface area contributed by atoms with Crippen molar-refractivity contribution in [3.05, 3.63) is 47.5 Å².